The van der Waals surface area contributed by atoms with E-state index in [2.05, 4.69) is 0 Å². The fourth-order valence-electron chi connectivity index (χ4n) is 1.87. The van der Waals surface area contributed by atoms with Crippen LogP contribution >= 0.6 is 0 Å². The molecule has 0 aromatic heterocycles. The normalized spacial score (nSPS) is 11.4. The van der Waals surface area contributed by atoms with Gasteiger partial charge in [0.05, 0.1) is 4.90 Å². The first-order valence-electron chi connectivity index (χ1n) is 6.30. The molecular formula is C15H16FNO3S. The van der Waals surface area contributed by atoms with Crippen LogP contribution in [-0.2, 0) is 23.0 Å². The van der Waals surface area contributed by atoms with Crippen molar-refractivity contribution in [2.75, 3.05) is 6.26 Å². The Morgan fingerprint density at radius 3 is 2.33 bits per heavy atom. The zero-order valence-electron chi connectivity index (χ0n) is 11.5. The highest BCUT2D eigenvalue weighted by Gasteiger charge is 2.07. The van der Waals surface area contributed by atoms with Gasteiger partial charge in [0.15, 0.2) is 9.84 Å². The van der Waals surface area contributed by atoms with Crippen molar-refractivity contribution in [2.24, 2.45) is 5.73 Å². The Labute approximate surface area is 123 Å². The van der Waals surface area contributed by atoms with Crippen LogP contribution in [0.5, 0.6) is 5.75 Å². The van der Waals surface area contributed by atoms with Gasteiger partial charge in [-0.05, 0) is 47.5 Å². The minimum atomic E-state index is -3.22. The number of ether oxygens (including phenoxy) is 1. The zero-order chi connectivity index (χ0) is 15.5. The van der Waals surface area contributed by atoms with Gasteiger partial charge in [-0.3, -0.25) is 0 Å². The van der Waals surface area contributed by atoms with Gasteiger partial charge in [-0.2, -0.15) is 0 Å². The molecule has 0 unspecified atom stereocenters. The third-order valence-electron chi connectivity index (χ3n) is 3.03. The molecule has 2 aromatic carbocycles. The first-order valence-corrected chi connectivity index (χ1v) is 8.19. The van der Waals surface area contributed by atoms with E-state index in [-0.39, 0.29) is 23.9 Å². The van der Waals surface area contributed by atoms with E-state index in [1.807, 2.05) is 0 Å². The maximum absolute atomic E-state index is 13.1. The van der Waals surface area contributed by atoms with Crippen molar-refractivity contribution in [3.05, 3.63) is 59.4 Å². The lowest BCUT2D eigenvalue weighted by molar-refractivity contribution is 0.304. The number of benzene rings is 2. The van der Waals surface area contributed by atoms with E-state index >= 15 is 0 Å². The van der Waals surface area contributed by atoms with Crippen LogP contribution in [0.25, 0.3) is 0 Å². The molecule has 0 bridgehead atoms. The van der Waals surface area contributed by atoms with Crippen LogP contribution in [-0.4, -0.2) is 14.7 Å². The SMILES string of the molecule is CS(=O)(=O)c1ccc(OCc2ccc(F)cc2CN)cc1. The van der Waals surface area contributed by atoms with Gasteiger partial charge in [-0.1, -0.05) is 6.07 Å². The topological polar surface area (TPSA) is 69.4 Å². The molecule has 0 amide bonds. The van der Waals surface area contributed by atoms with Crippen molar-refractivity contribution in [1.29, 1.82) is 0 Å². The summed E-state index contributed by atoms with van der Waals surface area (Å²) < 4.78 is 41.4. The average molecular weight is 309 g/mol. The van der Waals surface area contributed by atoms with E-state index in [1.165, 1.54) is 24.3 Å². The van der Waals surface area contributed by atoms with Crippen LogP contribution in [0.3, 0.4) is 0 Å². The second kappa shape index (κ2) is 6.24. The predicted molar refractivity (Wildman–Crippen MR) is 78.2 cm³/mol. The van der Waals surface area contributed by atoms with Crippen molar-refractivity contribution in [1.82, 2.24) is 0 Å². The van der Waals surface area contributed by atoms with Crippen molar-refractivity contribution in [3.63, 3.8) is 0 Å². The van der Waals surface area contributed by atoms with Crippen molar-refractivity contribution in [3.8, 4) is 5.75 Å². The Kier molecular flexibility index (Phi) is 4.59. The summed E-state index contributed by atoms with van der Waals surface area (Å²) in [7, 11) is -3.22. The monoisotopic (exact) mass is 309 g/mol. The standard InChI is InChI=1S/C15H16FNO3S/c1-21(18,19)15-6-4-14(5-7-15)20-10-11-2-3-13(16)8-12(11)9-17/h2-8H,9-10,17H2,1H3. The molecule has 0 aliphatic carbocycles. The molecule has 0 aliphatic heterocycles. The Balaban J connectivity index is 2.10. The molecule has 0 saturated heterocycles. The minimum Gasteiger partial charge on any atom is -0.489 e. The van der Waals surface area contributed by atoms with E-state index in [1.54, 1.807) is 18.2 Å². The number of sulfone groups is 1. The van der Waals surface area contributed by atoms with Crippen LogP contribution in [0, 0.1) is 5.82 Å². The highest BCUT2D eigenvalue weighted by atomic mass is 32.2. The summed E-state index contributed by atoms with van der Waals surface area (Å²) in [5.74, 6) is 0.200. The molecule has 0 saturated carbocycles. The van der Waals surface area contributed by atoms with Crippen LogP contribution in [0.1, 0.15) is 11.1 Å². The Morgan fingerprint density at radius 2 is 1.76 bits per heavy atom. The third kappa shape index (κ3) is 4.03. The third-order valence-corrected chi connectivity index (χ3v) is 4.16. The Hall–Kier alpha value is -1.92. The number of hydrogen-bond acceptors (Lipinski definition) is 4. The van der Waals surface area contributed by atoms with Gasteiger partial charge in [0, 0.05) is 12.8 Å². The molecule has 21 heavy (non-hydrogen) atoms. The van der Waals surface area contributed by atoms with Gasteiger partial charge < -0.3 is 10.5 Å². The highest BCUT2D eigenvalue weighted by Crippen LogP contribution is 2.18. The predicted octanol–water partition coefficient (Wildman–Crippen LogP) is 2.27. The first-order chi connectivity index (χ1) is 9.90. The minimum absolute atomic E-state index is 0.226. The van der Waals surface area contributed by atoms with E-state index in [0.29, 0.717) is 11.3 Å². The van der Waals surface area contributed by atoms with E-state index in [0.717, 1.165) is 11.8 Å². The summed E-state index contributed by atoms with van der Waals surface area (Å²) in [5, 5.41) is 0. The molecule has 0 radical (unpaired) electrons. The molecule has 112 valence electrons. The molecule has 0 heterocycles. The van der Waals surface area contributed by atoms with Gasteiger partial charge in [0.1, 0.15) is 18.2 Å². The van der Waals surface area contributed by atoms with Gasteiger partial charge in [-0.25, -0.2) is 12.8 Å². The lowest BCUT2D eigenvalue weighted by Crippen LogP contribution is -2.05. The quantitative estimate of drug-likeness (QED) is 0.920. The van der Waals surface area contributed by atoms with Crippen LogP contribution in [0.15, 0.2) is 47.4 Å². The molecule has 0 spiro atoms. The maximum Gasteiger partial charge on any atom is 0.175 e. The van der Waals surface area contributed by atoms with Crippen molar-refractivity contribution < 1.29 is 17.5 Å². The van der Waals surface area contributed by atoms with E-state index in [4.69, 9.17) is 10.5 Å². The highest BCUT2D eigenvalue weighted by molar-refractivity contribution is 7.90. The first kappa shape index (κ1) is 15.5. The smallest absolute Gasteiger partial charge is 0.175 e. The van der Waals surface area contributed by atoms with Crippen LogP contribution < -0.4 is 10.5 Å². The van der Waals surface area contributed by atoms with Gasteiger partial charge in [-0.15, -0.1) is 0 Å². The molecule has 2 N–H and O–H groups in total. The molecule has 2 rings (SSSR count). The lowest BCUT2D eigenvalue weighted by atomic mass is 10.1. The fourth-order valence-corrected chi connectivity index (χ4v) is 2.50. The second-order valence-electron chi connectivity index (χ2n) is 4.65. The van der Waals surface area contributed by atoms with Crippen molar-refractivity contribution in [2.45, 2.75) is 18.0 Å². The van der Waals surface area contributed by atoms with Gasteiger partial charge >= 0.3 is 0 Å². The molecule has 4 nitrogen and oxygen atoms in total. The lowest BCUT2D eigenvalue weighted by Gasteiger charge is -2.10. The van der Waals surface area contributed by atoms with Gasteiger partial charge in [0.25, 0.3) is 0 Å². The number of rotatable bonds is 5. The summed E-state index contributed by atoms with van der Waals surface area (Å²) in [6.45, 7) is 0.467. The summed E-state index contributed by atoms with van der Waals surface area (Å²) in [5.41, 5.74) is 7.05. The molecule has 6 heteroatoms. The van der Waals surface area contributed by atoms with E-state index in [9.17, 15) is 12.8 Å². The summed E-state index contributed by atoms with van der Waals surface area (Å²) in [6.07, 6.45) is 1.15. The number of halogens is 1. The van der Waals surface area contributed by atoms with E-state index < -0.39 is 9.84 Å². The molecule has 0 aliphatic rings. The van der Waals surface area contributed by atoms with Gasteiger partial charge in [0.2, 0.25) is 0 Å². The number of hydrogen-bond donors (Lipinski definition) is 1. The average Bonchev–Trinajstić information content (AvgIpc) is 2.45. The second-order valence-corrected chi connectivity index (χ2v) is 6.67. The Bertz CT molecular complexity index is 727. The largest absolute Gasteiger partial charge is 0.489 e. The summed E-state index contributed by atoms with van der Waals surface area (Å²) >= 11 is 0. The maximum atomic E-state index is 13.1. The molecular weight excluding hydrogens is 293 g/mol. The van der Waals surface area contributed by atoms with Crippen molar-refractivity contribution >= 4 is 9.84 Å². The molecule has 2 aromatic rings. The summed E-state index contributed by atoms with van der Waals surface area (Å²) in [4.78, 5) is 0.235. The fraction of sp³-hybridized carbons (Fsp3) is 0.200. The summed E-state index contributed by atoms with van der Waals surface area (Å²) in [6, 6.07) is 10.5. The molecule has 0 fully saturated rings. The zero-order valence-corrected chi connectivity index (χ0v) is 12.4. The number of nitrogens with two attached hydrogens (primary N) is 1. The molecule has 0 atom stereocenters. The Morgan fingerprint density at radius 1 is 1.10 bits per heavy atom. The van der Waals surface area contributed by atoms with Crippen LogP contribution in [0.2, 0.25) is 0 Å². The van der Waals surface area contributed by atoms with Crippen LogP contribution in [0.4, 0.5) is 4.39 Å².